The van der Waals surface area contributed by atoms with Gasteiger partial charge in [-0.15, -0.1) is 11.3 Å². The molecule has 4 nitrogen and oxygen atoms in total. The van der Waals surface area contributed by atoms with E-state index in [9.17, 15) is 0 Å². The van der Waals surface area contributed by atoms with Crippen molar-refractivity contribution in [3.8, 4) is 0 Å². The van der Waals surface area contributed by atoms with E-state index in [0.717, 1.165) is 22.5 Å². The Labute approximate surface area is 112 Å². The van der Waals surface area contributed by atoms with Crippen LogP contribution in [0.1, 0.15) is 31.6 Å². The lowest BCUT2D eigenvalue weighted by Gasteiger charge is -2.14. The molecule has 0 saturated heterocycles. The zero-order valence-corrected chi connectivity index (χ0v) is 12.2. The number of nitrogens with one attached hydrogen (secondary N) is 2. The molecule has 0 radical (unpaired) electrons. The Bertz CT molecular complexity index is 535. The van der Waals surface area contributed by atoms with Gasteiger partial charge in [-0.2, -0.15) is 4.98 Å². The summed E-state index contributed by atoms with van der Waals surface area (Å²) in [4.78, 5) is 11.3. The van der Waals surface area contributed by atoms with E-state index in [4.69, 9.17) is 0 Å². The second-order valence-corrected chi connectivity index (χ2v) is 5.79. The number of hydrogen-bond donors (Lipinski definition) is 2. The average molecular weight is 264 g/mol. The molecule has 5 heteroatoms. The first-order valence-corrected chi connectivity index (χ1v) is 7.18. The SMILES string of the molecule is CCCC(C)Nc1nc(NC)nc2sc(C)cc12. The Morgan fingerprint density at radius 2 is 2.17 bits per heavy atom. The molecule has 98 valence electrons. The number of rotatable bonds is 5. The molecule has 0 spiro atoms. The van der Waals surface area contributed by atoms with Crippen molar-refractivity contribution in [3.63, 3.8) is 0 Å². The first-order chi connectivity index (χ1) is 8.63. The molecular weight excluding hydrogens is 244 g/mol. The van der Waals surface area contributed by atoms with Crippen LogP contribution >= 0.6 is 11.3 Å². The molecule has 0 aliphatic heterocycles. The Hall–Kier alpha value is -1.36. The van der Waals surface area contributed by atoms with Gasteiger partial charge in [-0.05, 0) is 26.3 Å². The van der Waals surface area contributed by atoms with Crippen LogP contribution in [0.5, 0.6) is 0 Å². The maximum Gasteiger partial charge on any atom is 0.225 e. The molecule has 1 atom stereocenters. The van der Waals surface area contributed by atoms with E-state index in [1.807, 2.05) is 7.05 Å². The third-order valence-corrected chi connectivity index (χ3v) is 3.79. The maximum atomic E-state index is 4.53. The minimum absolute atomic E-state index is 0.429. The summed E-state index contributed by atoms with van der Waals surface area (Å²) in [5.41, 5.74) is 0. The van der Waals surface area contributed by atoms with Gasteiger partial charge in [0.05, 0.1) is 5.39 Å². The fourth-order valence-electron chi connectivity index (χ4n) is 2.00. The summed E-state index contributed by atoms with van der Waals surface area (Å²) in [6.07, 6.45) is 2.31. The Kier molecular flexibility index (Phi) is 4.01. The van der Waals surface area contributed by atoms with Crippen molar-refractivity contribution in [2.75, 3.05) is 17.7 Å². The van der Waals surface area contributed by atoms with Crippen LogP contribution in [0.2, 0.25) is 0 Å². The maximum absolute atomic E-state index is 4.53. The molecule has 2 aromatic rings. The summed E-state index contributed by atoms with van der Waals surface area (Å²) in [6.45, 7) is 6.49. The van der Waals surface area contributed by atoms with Gasteiger partial charge in [-0.3, -0.25) is 0 Å². The van der Waals surface area contributed by atoms with Gasteiger partial charge < -0.3 is 10.6 Å². The van der Waals surface area contributed by atoms with Gasteiger partial charge in [0.15, 0.2) is 0 Å². The second-order valence-electron chi connectivity index (χ2n) is 4.56. The van der Waals surface area contributed by atoms with Gasteiger partial charge >= 0.3 is 0 Å². The van der Waals surface area contributed by atoms with Crippen LogP contribution in [0, 0.1) is 6.92 Å². The van der Waals surface area contributed by atoms with Gasteiger partial charge in [0.2, 0.25) is 5.95 Å². The molecule has 0 aliphatic rings. The van der Waals surface area contributed by atoms with Crippen molar-refractivity contribution in [1.82, 2.24) is 9.97 Å². The minimum atomic E-state index is 0.429. The summed E-state index contributed by atoms with van der Waals surface area (Å²) < 4.78 is 0. The van der Waals surface area contributed by atoms with Crippen molar-refractivity contribution in [3.05, 3.63) is 10.9 Å². The van der Waals surface area contributed by atoms with Crippen LogP contribution in [0.25, 0.3) is 10.2 Å². The van der Waals surface area contributed by atoms with Crippen LogP contribution in [-0.2, 0) is 0 Å². The largest absolute Gasteiger partial charge is 0.367 e. The van der Waals surface area contributed by atoms with Crippen LogP contribution in [0.3, 0.4) is 0 Å². The van der Waals surface area contributed by atoms with Gasteiger partial charge in [0.1, 0.15) is 10.6 Å². The number of thiophene rings is 1. The summed E-state index contributed by atoms with van der Waals surface area (Å²) >= 11 is 1.71. The third kappa shape index (κ3) is 2.72. The van der Waals surface area contributed by atoms with E-state index in [-0.39, 0.29) is 0 Å². The van der Waals surface area contributed by atoms with E-state index in [2.05, 4.69) is 47.4 Å². The predicted molar refractivity (Wildman–Crippen MR) is 79.7 cm³/mol. The highest BCUT2D eigenvalue weighted by atomic mass is 32.1. The molecule has 2 heterocycles. The summed E-state index contributed by atoms with van der Waals surface area (Å²) in [6, 6.07) is 2.58. The fraction of sp³-hybridized carbons (Fsp3) is 0.538. The zero-order valence-electron chi connectivity index (χ0n) is 11.4. The summed E-state index contributed by atoms with van der Waals surface area (Å²) in [5, 5.41) is 7.63. The summed E-state index contributed by atoms with van der Waals surface area (Å²) in [5.74, 6) is 1.62. The van der Waals surface area contributed by atoms with Crippen molar-refractivity contribution >= 4 is 33.3 Å². The third-order valence-electron chi connectivity index (χ3n) is 2.84. The lowest BCUT2D eigenvalue weighted by Crippen LogP contribution is -2.16. The Morgan fingerprint density at radius 1 is 1.39 bits per heavy atom. The molecule has 0 aromatic carbocycles. The highest BCUT2D eigenvalue weighted by Crippen LogP contribution is 2.30. The van der Waals surface area contributed by atoms with Gasteiger partial charge in [0.25, 0.3) is 0 Å². The molecular formula is C13H20N4S. The second kappa shape index (κ2) is 5.52. The number of nitrogens with zero attached hydrogens (tertiary/aromatic N) is 2. The Balaban J connectivity index is 2.40. The number of anilines is 2. The number of aryl methyl sites for hydroxylation is 1. The van der Waals surface area contributed by atoms with E-state index in [1.54, 1.807) is 11.3 Å². The molecule has 1 unspecified atom stereocenters. The zero-order chi connectivity index (χ0) is 13.1. The molecule has 0 aliphatic carbocycles. The molecule has 0 bridgehead atoms. The molecule has 0 saturated carbocycles. The number of aromatic nitrogens is 2. The Morgan fingerprint density at radius 3 is 2.83 bits per heavy atom. The molecule has 18 heavy (non-hydrogen) atoms. The van der Waals surface area contributed by atoms with Crippen LogP contribution < -0.4 is 10.6 Å². The average Bonchev–Trinajstić information content (AvgIpc) is 2.69. The van der Waals surface area contributed by atoms with E-state index in [0.29, 0.717) is 12.0 Å². The molecule has 2 rings (SSSR count). The minimum Gasteiger partial charge on any atom is -0.367 e. The highest BCUT2D eigenvalue weighted by Gasteiger charge is 2.11. The predicted octanol–water partition coefficient (Wildman–Crippen LogP) is 3.64. The molecule has 0 fully saturated rings. The highest BCUT2D eigenvalue weighted by molar-refractivity contribution is 7.18. The fourth-order valence-corrected chi connectivity index (χ4v) is 2.88. The quantitative estimate of drug-likeness (QED) is 0.865. The van der Waals surface area contributed by atoms with Crippen molar-refractivity contribution in [2.45, 2.75) is 39.7 Å². The number of hydrogen-bond acceptors (Lipinski definition) is 5. The van der Waals surface area contributed by atoms with Crippen molar-refractivity contribution in [1.29, 1.82) is 0 Å². The van der Waals surface area contributed by atoms with Crippen LogP contribution in [0.15, 0.2) is 6.07 Å². The molecule has 2 aromatic heterocycles. The van der Waals surface area contributed by atoms with E-state index < -0.39 is 0 Å². The van der Waals surface area contributed by atoms with Gasteiger partial charge in [-0.25, -0.2) is 4.98 Å². The van der Waals surface area contributed by atoms with Gasteiger partial charge in [0, 0.05) is 18.0 Å². The first kappa shape index (κ1) is 13.1. The van der Waals surface area contributed by atoms with Gasteiger partial charge in [-0.1, -0.05) is 13.3 Å². The molecule has 0 amide bonds. The topological polar surface area (TPSA) is 49.8 Å². The summed E-state index contributed by atoms with van der Waals surface area (Å²) in [7, 11) is 1.85. The van der Waals surface area contributed by atoms with Crippen molar-refractivity contribution < 1.29 is 0 Å². The smallest absolute Gasteiger partial charge is 0.225 e. The van der Waals surface area contributed by atoms with E-state index >= 15 is 0 Å². The van der Waals surface area contributed by atoms with Crippen LogP contribution in [-0.4, -0.2) is 23.1 Å². The standard InChI is InChI=1S/C13H20N4S/c1-5-6-8(2)15-11-10-7-9(3)18-12(10)17-13(14-4)16-11/h7-8H,5-6H2,1-4H3,(H2,14,15,16,17). The lowest BCUT2D eigenvalue weighted by molar-refractivity contribution is 0.688. The normalized spacial score (nSPS) is 12.7. The van der Waals surface area contributed by atoms with Crippen LogP contribution in [0.4, 0.5) is 11.8 Å². The van der Waals surface area contributed by atoms with E-state index in [1.165, 1.54) is 11.3 Å². The molecule has 2 N–H and O–H groups in total. The number of fused-ring (bicyclic) bond motifs is 1. The lowest BCUT2D eigenvalue weighted by atomic mass is 10.2. The monoisotopic (exact) mass is 264 g/mol. The first-order valence-electron chi connectivity index (χ1n) is 6.36. The van der Waals surface area contributed by atoms with Crippen molar-refractivity contribution in [2.24, 2.45) is 0 Å².